The molecule has 0 aromatic heterocycles. The first-order valence-electron chi connectivity index (χ1n) is 5.97. The van der Waals surface area contributed by atoms with Crippen LogP contribution in [0.15, 0.2) is 41.4 Å². The van der Waals surface area contributed by atoms with Crippen LogP contribution in [0.1, 0.15) is 18.4 Å². The summed E-state index contributed by atoms with van der Waals surface area (Å²) in [5, 5.41) is 12.6. The first kappa shape index (κ1) is 16.7. The number of rotatable bonds is 7. The Morgan fingerprint density at radius 1 is 1.37 bits per heavy atom. The lowest BCUT2D eigenvalue weighted by Gasteiger charge is -2.26. The van der Waals surface area contributed by atoms with Crippen molar-refractivity contribution in [1.29, 1.82) is 0 Å². The van der Waals surface area contributed by atoms with Gasteiger partial charge in [-0.15, -0.1) is 11.8 Å². The number of allylic oxidation sites excluding steroid dienone is 1. The van der Waals surface area contributed by atoms with Crippen LogP contribution in [0.25, 0.3) is 0 Å². The van der Waals surface area contributed by atoms with E-state index in [1.54, 1.807) is 11.8 Å². The Morgan fingerprint density at radius 2 is 1.95 bits per heavy atom. The Labute approximate surface area is 129 Å². The zero-order chi connectivity index (χ0) is 14.4. The minimum Gasteiger partial charge on any atom is -0.394 e. The SMILES string of the molecule is C=C(NC(CO)C(C)c1ccc(SC)cc1)C(Cl)Cl. The second-order valence-corrected chi connectivity index (χ2v) is 6.30. The highest BCUT2D eigenvalue weighted by Crippen LogP contribution is 2.24. The molecule has 1 aromatic rings. The summed E-state index contributed by atoms with van der Waals surface area (Å²) >= 11 is 13.2. The van der Waals surface area contributed by atoms with Crippen molar-refractivity contribution in [3.63, 3.8) is 0 Å². The molecule has 1 rings (SSSR count). The first-order chi connectivity index (χ1) is 8.99. The van der Waals surface area contributed by atoms with Crippen LogP contribution >= 0.6 is 35.0 Å². The van der Waals surface area contributed by atoms with Crippen molar-refractivity contribution >= 4 is 35.0 Å². The Balaban J connectivity index is 2.76. The molecule has 106 valence electrons. The monoisotopic (exact) mass is 319 g/mol. The fourth-order valence-electron chi connectivity index (χ4n) is 1.77. The van der Waals surface area contributed by atoms with Crippen molar-refractivity contribution < 1.29 is 5.11 Å². The molecule has 0 aliphatic rings. The number of benzene rings is 1. The molecular weight excluding hydrogens is 301 g/mol. The van der Waals surface area contributed by atoms with Gasteiger partial charge >= 0.3 is 0 Å². The molecule has 0 fully saturated rings. The molecule has 0 aliphatic heterocycles. The maximum absolute atomic E-state index is 9.50. The number of hydrogen-bond donors (Lipinski definition) is 2. The number of aliphatic hydroxyl groups excluding tert-OH is 1. The third kappa shape index (κ3) is 4.92. The van der Waals surface area contributed by atoms with E-state index in [2.05, 4.69) is 36.2 Å². The maximum Gasteiger partial charge on any atom is 0.146 e. The van der Waals surface area contributed by atoms with Gasteiger partial charge in [-0.3, -0.25) is 0 Å². The minimum atomic E-state index is -0.680. The summed E-state index contributed by atoms with van der Waals surface area (Å²) in [7, 11) is 0. The standard InChI is InChI=1S/C14H19Cl2NOS/c1-9(11-4-6-12(19-3)7-5-11)13(8-18)17-10(2)14(15)16/h4-7,9,13-14,17-18H,2,8H2,1,3H3. The van der Waals surface area contributed by atoms with Crippen molar-refractivity contribution in [3.8, 4) is 0 Å². The van der Waals surface area contributed by atoms with E-state index in [1.807, 2.05) is 13.2 Å². The van der Waals surface area contributed by atoms with E-state index in [9.17, 15) is 5.11 Å². The molecule has 1 aromatic carbocycles. The van der Waals surface area contributed by atoms with E-state index in [0.29, 0.717) is 5.70 Å². The fourth-order valence-corrected chi connectivity index (χ4v) is 2.30. The largest absolute Gasteiger partial charge is 0.394 e. The molecule has 2 atom stereocenters. The van der Waals surface area contributed by atoms with Crippen LogP contribution in [0.5, 0.6) is 0 Å². The maximum atomic E-state index is 9.50. The molecule has 19 heavy (non-hydrogen) atoms. The highest BCUT2D eigenvalue weighted by atomic mass is 35.5. The van der Waals surface area contributed by atoms with Crippen LogP contribution in [-0.4, -0.2) is 28.8 Å². The molecule has 0 saturated heterocycles. The minimum absolute atomic E-state index is 0.00896. The van der Waals surface area contributed by atoms with Crippen molar-refractivity contribution in [2.75, 3.05) is 12.9 Å². The lowest BCUT2D eigenvalue weighted by atomic mass is 9.93. The lowest BCUT2D eigenvalue weighted by molar-refractivity contribution is 0.234. The van der Waals surface area contributed by atoms with Crippen LogP contribution in [0.4, 0.5) is 0 Å². The predicted octanol–water partition coefficient (Wildman–Crippen LogP) is 3.78. The highest BCUT2D eigenvalue weighted by Gasteiger charge is 2.20. The third-order valence-corrected chi connectivity index (χ3v) is 4.35. The predicted molar refractivity (Wildman–Crippen MR) is 85.3 cm³/mol. The summed E-state index contributed by atoms with van der Waals surface area (Å²) < 4.78 is 0. The second-order valence-electron chi connectivity index (χ2n) is 4.32. The molecule has 0 saturated carbocycles. The molecule has 5 heteroatoms. The smallest absolute Gasteiger partial charge is 0.146 e. The Hall–Kier alpha value is -0.350. The molecule has 0 amide bonds. The summed E-state index contributed by atoms with van der Waals surface area (Å²) in [5.41, 5.74) is 1.66. The Bertz CT molecular complexity index is 408. The number of aliphatic hydroxyl groups is 1. The normalized spacial score (nSPS) is 14.2. The van der Waals surface area contributed by atoms with Crippen LogP contribution in [0.2, 0.25) is 0 Å². The second kappa shape index (κ2) is 8.05. The molecule has 2 N–H and O–H groups in total. The van der Waals surface area contributed by atoms with Crippen molar-refractivity contribution in [1.82, 2.24) is 5.32 Å². The summed E-state index contributed by atoms with van der Waals surface area (Å²) in [4.78, 5) is 0.538. The van der Waals surface area contributed by atoms with Gasteiger partial charge in [-0.1, -0.05) is 48.8 Å². The van der Waals surface area contributed by atoms with Crippen LogP contribution in [0, 0.1) is 0 Å². The van der Waals surface area contributed by atoms with Gasteiger partial charge in [0.1, 0.15) is 4.84 Å². The summed E-state index contributed by atoms with van der Waals surface area (Å²) in [6, 6.07) is 8.13. The van der Waals surface area contributed by atoms with Crippen molar-refractivity contribution in [2.45, 2.75) is 28.6 Å². The molecule has 2 unspecified atom stereocenters. The van der Waals surface area contributed by atoms with Crippen molar-refractivity contribution in [3.05, 3.63) is 42.1 Å². The average Bonchev–Trinajstić information content (AvgIpc) is 2.43. The molecule has 0 spiro atoms. The fraction of sp³-hybridized carbons (Fsp3) is 0.429. The number of thioether (sulfide) groups is 1. The van der Waals surface area contributed by atoms with Crippen LogP contribution < -0.4 is 5.32 Å². The van der Waals surface area contributed by atoms with Gasteiger partial charge in [0.15, 0.2) is 0 Å². The van der Waals surface area contributed by atoms with Gasteiger partial charge in [-0.25, -0.2) is 0 Å². The zero-order valence-electron chi connectivity index (χ0n) is 11.1. The molecule has 0 bridgehead atoms. The topological polar surface area (TPSA) is 32.3 Å². The van der Waals surface area contributed by atoms with Gasteiger partial charge < -0.3 is 10.4 Å². The van der Waals surface area contributed by atoms with Crippen LogP contribution in [0.3, 0.4) is 0 Å². The first-order valence-corrected chi connectivity index (χ1v) is 8.07. The van der Waals surface area contributed by atoms with E-state index in [-0.39, 0.29) is 18.6 Å². The van der Waals surface area contributed by atoms with Gasteiger partial charge in [0, 0.05) is 16.5 Å². The molecular formula is C14H19Cl2NOS. The Morgan fingerprint density at radius 3 is 2.37 bits per heavy atom. The van der Waals surface area contributed by atoms with Crippen LogP contribution in [-0.2, 0) is 0 Å². The number of halogens is 2. The number of hydrogen-bond acceptors (Lipinski definition) is 3. The molecule has 0 heterocycles. The third-order valence-electron chi connectivity index (χ3n) is 3.08. The molecule has 0 radical (unpaired) electrons. The molecule has 0 aliphatic carbocycles. The Kier molecular flexibility index (Phi) is 7.08. The van der Waals surface area contributed by atoms with E-state index in [0.717, 1.165) is 5.56 Å². The van der Waals surface area contributed by atoms with Gasteiger partial charge in [0.05, 0.1) is 12.6 Å². The van der Waals surface area contributed by atoms with E-state index >= 15 is 0 Å². The quantitative estimate of drug-likeness (QED) is 0.592. The summed E-state index contributed by atoms with van der Waals surface area (Å²) in [6.07, 6.45) is 2.04. The average molecular weight is 320 g/mol. The molecule has 2 nitrogen and oxygen atoms in total. The van der Waals surface area contributed by atoms with E-state index in [1.165, 1.54) is 4.90 Å². The van der Waals surface area contributed by atoms with Crippen molar-refractivity contribution in [2.24, 2.45) is 0 Å². The zero-order valence-corrected chi connectivity index (χ0v) is 13.4. The summed E-state index contributed by atoms with van der Waals surface area (Å²) in [6.45, 7) is 5.80. The number of nitrogens with one attached hydrogen (secondary N) is 1. The lowest BCUT2D eigenvalue weighted by Crippen LogP contribution is -2.37. The highest BCUT2D eigenvalue weighted by molar-refractivity contribution is 7.98. The van der Waals surface area contributed by atoms with Gasteiger partial charge in [-0.05, 0) is 24.0 Å². The summed E-state index contributed by atoms with van der Waals surface area (Å²) in [5.74, 6) is 0.129. The van der Waals surface area contributed by atoms with Gasteiger partial charge in [0.25, 0.3) is 0 Å². The van der Waals surface area contributed by atoms with E-state index in [4.69, 9.17) is 23.2 Å². The van der Waals surface area contributed by atoms with Gasteiger partial charge in [0.2, 0.25) is 0 Å². The van der Waals surface area contributed by atoms with Gasteiger partial charge in [-0.2, -0.15) is 0 Å². The van der Waals surface area contributed by atoms with E-state index < -0.39 is 4.84 Å². The number of alkyl halides is 2.